The zero-order chi connectivity index (χ0) is 19.9. The molecule has 0 bridgehead atoms. The van der Waals surface area contributed by atoms with E-state index in [0.29, 0.717) is 13.1 Å². The first-order valence-corrected chi connectivity index (χ1v) is 16.1. The second-order valence-corrected chi connectivity index (χ2v) is 19.5. The van der Waals surface area contributed by atoms with Gasteiger partial charge in [0.1, 0.15) is 13.7 Å². The number of likely N-dealkylation sites (tertiary alicyclic amines) is 1. The van der Waals surface area contributed by atoms with Gasteiger partial charge < -0.3 is 14.1 Å². The largest absolute Gasteiger partial charge is 0.444 e. The quantitative estimate of drug-likeness (QED) is 0.730. The molecule has 1 aliphatic heterocycles. The van der Waals surface area contributed by atoms with Crippen molar-refractivity contribution in [2.45, 2.75) is 77.8 Å². The summed E-state index contributed by atoms with van der Waals surface area (Å²) in [4.78, 5) is 14.3. The van der Waals surface area contributed by atoms with Gasteiger partial charge in [-0.25, -0.2) is 9.48 Å². The fourth-order valence-corrected chi connectivity index (χ4v) is 4.84. The van der Waals surface area contributed by atoms with E-state index in [1.54, 1.807) is 4.90 Å². The van der Waals surface area contributed by atoms with E-state index in [2.05, 4.69) is 49.6 Å². The maximum atomic E-state index is 12.5. The Labute approximate surface area is 159 Å². The highest BCUT2D eigenvalue weighted by Gasteiger charge is 2.41. The Balaban J connectivity index is 2.23. The molecule has 0 unspecified atom stereocenters. The number of amides is 1. The number of rotatable bonds is 4. The van der Waals surface area contributed by atoms with Crippen LogP contribution in [0.4, 0.5) is 4.79 Å². The van der Waals surface area contributed by atoms with Gasteiger partial charge in [0, 0.05) is 12.7 Å². The minimum absolute atomic E-state index is 0.0353. The molecule has 1 amide bonds. The van der Waals surface area contributed by atoms with Crippen LogP contribution < -0.4 is 5.32 Å². The minimum atomic E-state index is -1.77. The lowest BCUT2D eigenvalue weighted by Crippen LogP contribution is -2.39. The van der Waals surface area contributed by atoms with E-state index in [-0.39, 0.29) is 18.2 Å². The number of ether oxygens (including phenoxy) is 1. The zero-order valence-electron chi connectivity index (χ0n) is 17.7. The number of nitrogens with zero attached hydrogens (tertiary/aromatic N) is 4. The van der Waals surface area contributed by atoms with Crippen LogP contribution in [0, 0.1) is 0 Å². The molecule has 7 nitrogen and oxygen atoms in total. The summed E-state index contributed by atoms with van der Waals surface area (Å²) < 4.78 is 13.8. The standard InChI is InChI=1S/C17H34N4O3Si2/c1-17(2,3)23-16(22)20-10-13(14(11-20)24-26(7,8)9)21-12-15(18-19-21)25(4,5)6/h12-14H,10-11H2,1-9H3/t13-,14-/m1/s1. The molecule has 1 aromatic rings. The Morgan fingerprint density at radius 1 is 1.15 bits per heavy atom. The van der Waals surface area contributed by atoms with Crippen molar-refractivity contribution in [1.82, 2.24) is 19.9 Å². The highest BCUT2D eigenvalue weighted by molar-refractivity contribution is 6.88. The van der Waals surface area contributed by atoms with Crippen LogP contribution in [-0.2, 0) is 9.16 Å². The van der Waals surface area contributed by atoms with Crippen LogP contribution in [0.3, 0.4) is 0 Å². The van der Waals surface area contributed by atoms with Crippen molar-refractivity contribution >= 4 is 27.8 Å². The van der Waals surface area contributed by atoms with Gasteiger partial charge >= 0.3 is 6.09 Å². The maximum absolute atomic E-state index is 12.5. The summed E-state index contributed by atoms with van der Waals surface area (Å²) in [6.45, 7) is 19.9. The van der Waals surface area contributed by atoms with Crippen molar-refractivity contribution < 1.29 is 14.0 Å². The molecule has 0 spiro atoms. The van der Waals surface area contributed by atoms with E-state index >= 15 is 0 Å². The number of aromatic nitrogens is 3. The topological polar surface area (TPSA) is 69.5 Å². The van der Waals surface area contributed by atoms with E-state index in [0.717, 1.165) is 5.32 Å². The monoisotopic (exact) mass is 398 g/mol. The highest BCUT2D eigenvalue weighted by atomic mass is 28.4. The Morgan fingerprint density at radius 3 is 2.23 bits per heavy atom. The predicted octanol–water partition coefficient (Wildman–Crippen LogP) is 2.84. The van der Waals surface area contributed by atoms with E-state index in [9.17, 15) is 4.79 Å². The molecule has 2 atom stereocenters. The number of hydrogen-bond acceptors (Lipinski definition) is 5. The van der Waals surface area contributed by atoms with Crippen molar-refractivity contribution in [2.24, 2.45) is 0 Å². The molecule has 148 valence electrons. The summed E-state index contributed by atoms with van der Waals surface area (Å²) in [5.74, 6) is 0. The second-order valence-electron chi connectivity index (χ2n) is 10.1. The van der Waals surface area contributed by atoms with Crippen molar-refractivity contribution in [3.63, 3.8) is 0 Å². The molecule has 1 aromatic heterocycles. The van der Waals surface area contributed by atoms with E-state index in [1.165, 1.54) is 0 Å². The van der Waals surface area contributed by atoms with Crippen LogP contribution in [-0.4, -0.2) is 67.2 Å². The molecule has 9 heteroatoms. The van der Waals surface area contributed by atoms with E-state index < -0.39 is 22.0 Å². The third-order valence-electron chi connectivity index (χ3n) is 4.01. The molecule has 0 aliphatic carbocycles. The first-order valence-electron chi connectivity index (χ1n) is 9.24. The Hall–Kier alpha value is -1.20. The summed E-state index contributed by atoms with van der Waals surface area (Å²) in [5, 5.41) is 9.83. The molecule has 1 aliphatic rings. The van der Waals surface area contributed by atoms with Gasteiger partial charge in [0.05, 0.1) is 24.0 Å². The molecule has 1 fully saturated rings. The van der Waals surface area contributed by atoms with Gasteiger partial charge in [0.15, 0.2) is 8.32 Å². The molecule has 1 saturated heterocycles. The molecule has 2 rings (SSSR count). The van der Waals surface area contributed by atoms with Crippen molar-refractivity contribution in [3.05, 3.63) is 6.20 Å². The van der Waals surface area contributed by atoms with Gasteiger partial charge in [-0.3, -0.25) is 0 Å². The smallest absolute Gasteiger partial charge is 0.410 e. The number of carbonyl (C=O) groups is 1. The average molecular weight is 399 g/mol. The Bertz CT molecular complexity index is 644. The lowest BCUT2D eigenvalue weighted by atomic mass is 10.2. The lowest BCUT2D eigenvalue weighted by Gasteiger charge is -2.27. The first kappa shape index (κ1) is 21.1. The third-order valence-corrected chi connectivity index (χ3v) is 6.79. The normalized spacial score (nSPS) is 22.0. The number of carbonyl (C=O) groups excluding carboxylic acids is 1. The zero-order valence-corrected chi connectivity index (χ0v) is 19.7. The van der Waals surface area contributed by atoms with Crippen LogP contribution >= 0.6 is 0 Å². The van der Waals surface area contributed by atoms with Gasteiger partial charge in [-0.05, 0) is 40.4 Å². The third kappa shape index (κ3) is 5.65. The first-order chi connectivity index (χ1) is 11.7. The Morgan fingerprint density at radius 2 is 1.77 bits per heavy atom. The molecule has 0 saturated carbocycles. The van der Waals surface area contributed by atoms with Crippen LogP contribution in [0.1, 0.15) is 26.8 Å². The summed E-state index contributed by atoms with van der Waals surface area (Å²) in [6.07, 6.45) is 1.65. The number of hydrogen-bond donors (Lipinski definition) is 0. The van der Waals surface area contributed by atoms with Crippen LogP contribution in [0.5, 0.6) is 0 Å². The fraction of sp³-hybridized carbons (Fsp3) is 0.824. The summed E-state index contributed by atoms with van der Waals surface area (Å²) in [7, 11) is -3.30. The molecular formula is C17H34N4O3Si2. The molecule has 0 aromatic carbocycles. The summed E-state index contributed by atoms with van der Waals surface area (Å²) in [6, 6.07) is -0.0353. The molecular weight excluding hydrogens is 364 g/mol. The second kappa shape index (κ2) is 7.08. The van der Waals surface area contributed by atoms with Gasteiger partial charge in [-0.1, -0.05) is 24.9 Å². The maximum Gasteiger partial charge on any atom is 0.410 e. The van der Waals surface area contributed by atoms with Gasteiger partial charge in [0.25, 0.3) is 0 Å². The van der Waals surface area contributed by atoms with Gasteiger partial charge in [-0.15, -0.1) is 5.10 Å². The van der Waals surface area contributed by atoms with Crippen LogP contribution in [0.25, 0.3) is 0 Å². The average Bonchev–Trinajstić information content (AvgIpc) is 2.99. The Kier molecular flexibility index (Phi) is 5.75. The minimum Gasteiger partial charge on any atom is -0.444 e. The van der Waals surface area contributed by atoms with Gasteiger partial charge in [0.2, 0.25) is 0 Å². The van der Waals surface area contributed by atoms with Crippen molar-refractivity contribution in [2.75, 3.05) is 13.1 Å². The molecule has 0 N–H and O–H groups in total. The van der Waals surface area contributed by atoms with E-state index in [1.807, 2.05) is 31.6 Å². The fourth-order valence-electron chi connectivity index (χ4n) is 2.84. The molecule has 26 heavy (non-hydrogen) atoms. The predicted molar refractivity (Wildman–Crippen MR) is 108 cm³/mol. The van der Waals surface area contributed by atoms with Crippen LogP contribution in [0.15, 0.2) is 6.20 Å². The SMILES string of the molecule is CC(C)(C)OC(=O)N1C[C@@H](n2cc([Si](C)(C)C)nn2)[C@H](O[Si](C)(C)C)C1. The summed E-state index contributed by atoms with van der Waals surface area (Å²) >= 11 is 0. The van der Waals surface area contributed by atoms with Gasteiger partial charge in [-0.2, -0.15) is 0 Å². The molecule has 0 radical (unpaired) electrons. The van der Waals surface area contributed by atoms with Crippen molar-refractivity contribution in [1.29, 1.82) is 0 Å². The highest BCUT2D eigenvalue weighted by Crippen LogP contribution is 2.28. The molecule has 2 heterocycles. The van der Waals surface area contributed by atoms with E-state index in [4.69, 9.17) is 9.16 Å². The lowest BCUT2D eigenvalue weighted by molar-refractivity contribution is 0.0273. The van der Waals surface area contributed by atoms with Crippen molar-refractivity contribution in [3.8, 4) is 0 Å². The van der Waals surface area contributed by atoms with Crippen LogP contribution in [0.2, 0.25) is 39.3 Å². The summed E-state index contributed by atoms with van der Waals surface area (Å²) in [5.41, 5.74) is -0.511.